The van der Waals surface area contributed by atoms with E-state index in [1.165, 1.54) is 17.3 Å². The minimum absolute atomic E-state index is 0.172. The summed E-state index contributed by atoms with van der Waals surface area (Å²) >= 11 is 6.39. The Kier molecular flexibility index (Phi) is 4.49. The first-order valence-electron chi connectivity index (χ1n) is 9.27. The van der Waals surface area contributed by atoms with Crippen molar-refractivity contribution in [1.29, 1.82) is 0 Å². The van der Waals surface area contributed by atoms with E-state index >= 15 is 0 Å². The number of ether oxygens (including phenoxy) is 1. The van der Waals surface area contributed by atoms with E-state index < -0.39 is 0 Å². The first-order chi connectivity index (χ1) is 14.1. The third-order valence-electron chi connectivity index (χ3n) is 4.86. The quantitative estimate of drug-likeness (QED) is 0.505. The predicted molar refractivity (Wildman–Crippen MR) is 119 cm³/mol. The van der Waals surface area contributed by atoms with E-state index in [0.29, 0.717) is 9.23 Å². The molecule has 29 heavy (non-hydrogen) atoms. The second kappa shape index (κ2) is 7.17. The largest absolute Gasteiger partial charge is 0.490 e. The van der Waals surface area contributed by atoms with E-state index in [0.717, 1.165) is 34.7 Å². The number of thioether (sulfide) groups is 1. The molecule has 0 aliphatic carbocycles. The topological polar surface area (TPSA) is 56.2 Å². The lowest BCUT2D eigenvalue weighted by Gasteiger charge is -2.04. The number of nitrogens with one attached hydrogen (secondary N) is 1. The average molecular weight is 420 g/mol. The number of aromatic nitrogens is 2. The van der Waals surface area contributed by atoms with Gasteiger partial charge in [0.2, 0.25) is 0 Å². The Hall–Kier alpha value is -2.90. The molecule has 0 unspecified atom stereocenters. The SMILES string of the molecule is C[C@H]1Cc2cc(-c3nn(-c4ccccc4)cc3/C=C3\SC(=S)NC3=O)ccc2O1. The number of carbonyl (C=O) groups excluding carboxylic acids is 1. The summed E-state index contributed by atoms with van der Waals surface area (Å²) in [4.78, 5) is 12.7. The van der Waals surface area contributed by atoms with Gasteiger partial charge in [-0.05, 0) is 48.9 Å². The second-order valence-corrected chi connectivity index (χ2v) is 8.74. The van der Waals surface area contributed by atoms with Crippen molar-refractivity contribution in [2.24, 2.45) is 0 Å². The number of para-hydroxylation sites is 1. The molecule has 0 radical (unpaired) electrons. The Balaban J connectivity index is 1.63. The normalized spacial score (nSPS) is 19.3. The number of nitrogens with zero attached hydrogens (tertiary/aromatic N) is 2. The molecule has 2 aliphatic rings. The van der Waals surface area contributed by atoms with Gasteiger partial charge < -0.3 is 10.1 Å². The zero-order valence-electron chi connectivity index (χ0n) is 15.6. The third-order valence-corrected chi connectivity index (χ3v) is 6.02. The molecule has 2 aromatic carbocycles. The van der Waals surface area contributed by atoms with Gasteiger partial charge in [-0.2, -0.15) is 5.10 Å². The van der Waals surface area contributed by atoms with Gasteiger partial charge in [0, 0.05) is 23.7 Å². The molecule has 5 rings (SSSR count). The molecule has 1 N–H and O–H groups in total. The van der Waals surface area contributed by atoms with Gasteiger partial charge >= 0.3 is 0 Å². The summed E-state index contributed by atoms with van der Waals surface area (Å²) < 4.78 is 8.14. The number of amides is 1. The van der Waals surface area contributed by atoms with Crippen molar-refractivity contribution < 1.29 is 9.53 Å². The van der Waals surface area contributed by atoms with E-state index in [1.807, 2.05) is 59.4 Å². The smallest absolute Gasteiger partial charge is 0.263 e. The summed E-state index contributed by atoms with van der Waals surface area (Å²) in [6.07, 6.45) is 4.86. The van der Waals surface area contributed by atoms with Crippen LogP contribution in [0.2, 0.25) is 0 Å². The average Bonchev–Trinajstić information content (AvgIpc) is 3.38. The monoisotopic (exact) mass is 419 g/mol. The van der Waals surface area contributed by atoms with E-state index in [4.69, 9.17) is 22.1 Å². The van der Waals surface area contributed by atoms with Gasteiger partial charge in [0.05, 0.1) is 10.6 Å². The Morgan fingerprint density at radius 3 is 2.86 bits per heavy atom. The highest BCUT2D eigenvalue weighted by Crippen LogP contribution is 2.35. The molecule has 5 nitrogen and oxygen atoms in total. The van der Waals surface area contributed by atoms with Crippen LogP contribution in [0.5, 0.6) is 5.75 Å². The van der Waals surface area contributed by atoms with Crippen molar-refractivity contribution in [3.63, 3.8) is 0 Å². The van der Waals surface area contributed by atoms with E-state index in [2.05, 4.69) is 18.3 Å². The number of benzene rings is 2. The maximum atomic E-state index is 12.2. The summed E-state index contributed by atoms with van der Waals surface area (Å²) in [6.45, 7) is 2.07. The van der Waals surface area contributed by atoms with Crippen LogP contribution in [-0.4, -0.2) is 26.1 Å². The van der Waals surface area contributed by atoms with Crippen molar-refractivity contribution in [1.82, 2.24) is 15.1 Å². The zero-order valence-corrected chi connectivity index (χ0v) is 17.2. The maximum absolute atomic E-state index is 12.2. The number of hydrogen-bond donors (Lipinski definition) is 1. The molecule has 0 spiro atoms. The van der Waals surface area contributed by atoms with Crippen LogP contribution in [0.1, 0.15) is 18.1 Å². The highest BCUT2D eigenvalue weighted by molar-refractivity contribution is 8.26. The zero-order chi connectivity index (χ0) is 20.0. The van der Waals surface area contributed by atoms with Gasteiger partial charge in [-0.15, -0.1) is 0 Å². The van der Waals surface area contributed by atoms with Crippen LogP contribution < -0.4 is 10.1 Å². The Morgan fingerprint density at radius 2 is 2.10 bits per heavy atom. The molecular formula is C22H17N3O2S2. The first kappa shape index (κ1) is 18.1. The predicted octanol–water partition coefficient (Wildman–Crippen LogP) is 4.35. The lowest BCUT2D eigenvalue weighted by molar-refractivity contribution is -0.115. The fourth-order valence-corrected chi connectivity index (χ4v) is 4.60. The van der Waals surface area contributed by atoms with Crippen molar-refractivity contribution in [2.45, 2.75) is 19.4 Å². The molecule has 1 atom stereocenters. The summed E-state index contributed by atoms with van der Waals surface area (Å²) in [5, 5.41) is 7.51. The van der Waals surface area contributed by atoms with Gasteiger partial charge in [0.1, 0.15) is 21.9 Å². The summed E-state index contributed by atoms with van der Waals surface area (Å²) in [5.74, 6) is 0.759. The molecule has 1 amide bonds. The van der Waals surface area contributed by atoms with Gasteiger partial charge in [0.15, 0.2) is 0 Å². The van der Waals surface area contributed by atoms with Crippen LogP contribution in [0, 0.1) is 0 Å². The summed E-state index contributed by atoms with van der Waals surface area (Å²) in [5.41, 5.74) is 4.81. The lowest BCUT2D eigenvalue weighted by atomic mass is 10.0. The number of rotatable bonds is 3. The third kappa shape index (κ3) is 3.47. The Bertz CT molecular complexity index is 1170. The van der Waals surface area contributed by atoms with Crippen LogP contribution in [0.25, 0.3) is 23.0 Å². The molecule has 0 bridgehead atoms. The van der Waals surface area contributed by atoms with Crippen LogP contribution in [-0.2, 0) is 11.2 Å². The Morgan fingerprint density at radius 1 is 1.28 bits per heavy atom. The van der Waals surface area contributed by atoms with Crippen LogP contribution in [0.4, 0.5) is 0 Å². The summed E-state index contributed by atoms with van der Waals surface area (Å²) in [7, 11) is 0. The molecule has 1 fully saturated rings. The minimum atomic E-state index is -0.172. The van der Waals surface area contributed by atoms with Gasteiger partial charge in [-0.25, -0.2) is 4.68 Å². The summed E-state index contributed by atoms with van der Waals surface area (Å²) in [6, 6.07) is 16.1. The van der Waals surface area contributed by atoms with Crippen LogP contribution >= 0.6 is 24.0 Å². The molecule has 1 aromatic heterocycles. The molecule has 0 saturated carbocycles. The molecule has 2 aliphatic heterocycles. The first-order valence-corrected chi connectivity index (χ1v) is 10.5. The van der Waals surface area contributed by atoms with Gasteiger partial charge in [-0.1, -0.05) is 42.2 Å². The second-order valence-electron chi connectivity index (χ2n) is 7.02. The molecule has 3 heterocycles. The van der Waals surface area contributed by atoms with E-state index in [9.17, 15) is 4.79 Å². The lowest BCUT2D eigenvalue weighted by Crippen LogP contribution is -2.17. The Labute approximate surface area is 177 Å². The molecular weight excluding hydrogens is 402 g/mol. The van der Waals surface area contributed by atoms with E-state index in [1.54, 1.807) is 0 Å². The van der Waals surface area contributed by atoms with Crippen LogP contribution in [0.15, 0.2) is 59.6 Å². The number of hydrogen-bond acceptors (Lipinski definition) is 5. The maximum Gasteiger partial charge on any atom is 0.263 e. The molecule has 7 heteroatoms. The van der Waals surface area contributed by atoms with Gasteiger partial charge in [0.25, 0.3) is 5.91 Å². The van der Waals surface area contributed by atoms with Gasteiger partial charge in [-0.3, -0.25) is 4.79 Å². The van der Waals surface area contributed by atoms with Crippen molar-refractivity contribution in [3.8, 4) is 22.7 Å². The fourth-order valence-electron chi connectivity index (χ4n) is 3.56. The van der Waals surface area contributed by atoms with Crippen molar-refractivity contribution in [3.05, 3.63) is 70.8 Å². The number of carbonyl (C=O) groups is 1. The fraction of sp³-hybridized carbons (Fsp3) is 0.136. The standard InChI is InChI=1S/C22H17N3O2S2/c1-13-9-15-10-14(7-8-18(15)27-13)20-16(11-19-21(26)23-22(28)29-19)12-25(24-20)17-5-3-2-4-6-17/h2-8,10-13H,9H2,1H3,(H,23,26,28)/b19-11-/t13-/m0/s1. The van der Waals surface area contributed by atoms with Crippen LogP contribution in [0.3, 0.4) is 0 Å². The van der Waals surface area contributed by atoms with Crippen molar-refractivity contribution >= 4 is 40.3 Å². The number of thiocarbonyl (C=S) groups is 1. The van der Waals surface area contributed by atoms with Crippen molar-refractivity contribution in [2.75, 3.05) is 0 Å². The molecule has 1 saturated heterocycles. The van der Waals surface area contributed by atoms with E-state index in [-0.39, 0.29) is 12.0 Å². The highest BCUT2D eigenvalue weighted by Gasteiger charge is 2.24. The minimum Gasteiger partial charge on any atom is -0.490 e. The highest BCUT2D eigenvalue weighted by atomic mass is 32.2. The molecule has 3 aromatic rings. The molecule has 144 valence electrons. The number of fused-ring (bicyclic) bond motifs is 1.